The largest absolute Gasteiger partial charge is 0.508 e. The number of rotatable bonds is 12. The van der Waals surface area contributed by atoms with Gasteiger partial charge in [-0.25, -0.2) is 0 Å². The van der Waals surface area contributed by atoms with E-state index in [0.29, 0.717) is 25.7 Å². The molecule has 0 amide bonds. The zero-order chi connectivity index (χ0) is 43.0. The van der Waals surface area contributed by atoms with Crippen molar-refractivity contribution in [2.24, 2.45) is 5.92 Å². The van der Waals surface area contributed by atoms with Crippen molar-refractivity contribution in [1.29, 1.82) is 0 Å². The quantitative estimate of drug-likeness (QED) is 0.0554. The lowest BCUT2D eigenvalue weighted by Gasteiger charge is -2.30. The van der Waals surface area contributed by atoms with Crippen LogP contribution in [0, 0.1) is 47.5 Å². The fraction of sp³-hybridized carbons (Fsp3) is 0.346. The highest BCUT2D eigenvalue weighted by Crippen LogP contribution is 2.42. The van der Waals surface area contributed by atoms with Gasteiger partial charge >= 0.3 is 0 Å². The summed E-state index contributed by atoms with van der Waals surface area (Å²) in [6.07, 6.45) is 3.94. The Hall–Kier alpha value is -5.62. The van der Waals surface area contributed by atoms with Crippen molar-refractivity contribution in [1.82, 2.24) is 0 Å². The molecule has 0 aliphatic rings. The average molecular weight is 783 g/mol. The molecule has 5 aromatic rings. The van der Waals surface area contributed by atoms with Crippen LogP contribution in [0.1, 0.15) is 125 Å². The van der Waals surface area contributed by atoms with Crippen LogP contribution in [0.3, 0.4) is 0 Å². The van der Waals surface area contributed by atoms with E-state index in [0.717, 1.165) is 94.6 Å². The van der Waals surface area contributed by atoms with E-state index in [2.05, 4.69) is 45.0 Å². The minimum atomic E-state index is -0.605. The standard InChI is InChI=1S/C52H62O6/c1-28(2)46(53)30(4)13-29(3)14-40-24-44(25-41(50(40)57)21-37-15-31(5)47(54)32(6)16-37)52(11,12)45-26-42(22-38-17-33(7)48(55)34(8)18-38)51(58)43(27-45)23-39-19-35(9)49(56)36(10)20-39/h13,15-20,24-27,29,53-58H,14,21-23H2,1-12H3/b30-13-. The summed E-state index contributed by atoms with van der Waals surface area (Å²) in [5, 5.41) is 66.2. The summed E-state index contributed by atoms with van der Waals surface area (Å²) in [6.45, 7) is 23.4. The molecule has 5 aromatic carbocycles. The Balaban J connectivity index is 1.70. The van der Waals surface area contributed by atoms with Gasteiger partial charge in [-0.15, -0.1) is 0 Å². The maximum atomic E-state index is 12.0. The molecule has 58 heavy (non-hydrogen) atoms. The number of allylic oxidation sites excluding steroid dienone is 3. The predicted molar refractivity (Wildman–Crippen MR) is 237 cm³/mol. The summed E-state index contributed by atoms with van der Waals surface area (Å²) in [5.41, 5.74) is 13.7. The first-order chi connectivity index (χ1) is 27.1. The maximum absolute atomic E-state index is 12.0. The first-order valence-electron chi connectivity index (χ1n) is 20.2. The number of phenolic OH excluding ortho intramolecular Hbond substituents is 5. The zero-order valence-electron chi connectivity index (χ0n) is 36.4. The molecule has 1 unspecified atom stereocenters. The number of hydrogen-bond donors (Lipinski definition) is 6. The molecular weight excluding hydrogens is 721 g/mol. The average Bonchev–Trinajstić information content (AvgIpc) is 3.14. The van der Waals surface area contributed by atoms with Crippen molar-refractivity contribution >= 4 is 0 Å². The Morgan fingerprint density at radius 3 is 1.10 bits per heavy atom. The number of aliphatic hydroxyl groups excluding tert-OH is 1. The van der Waals surface area contributed by atoms with Gasteiger partial charge in [0.25, 0.3) is 0 Å². The summed E-state index contributed by atoms with van der Waals surface area (Å²) in [5.74, 6) is 1.53. The molecule has 0 radical (unpaired) electrons. The summed E-state index contributed by atoms with van der Waals surface area (Å²) in [6, 6.07) is 20.1. The Morgan fingerprint density at radius 1 is 0.500 bits per heavy atom. The van der Waals surface area contributed by atoms with Crippen molar-refractivity contribution in [2.45, 2.75) is 114 Å². The molecule has 0 aliphatic heterocycles. The van der Waals surface area contributed by atoms with E-state index in [1.165, 1.54) is 0 Å². The van der Waals surface area contributed by atoms with Crippen molar-refractivity contribution in [3.05, 3.63) is 167 Å². The van der Waals surface area contributed by atoms with Gasteiger partial charge in [-0.3, -0.25) is 0 Å². The van der Waals surface area contributed by atoms with Gasteiger partial charge in [-0.05, 0) is 169 Å². The van der Waals surface area contributed by atoms with E-state index in [-0.39, 0.29) is 40.4 Å². The lowest BCUT2D eigenvalue weighted by Crippen LogP contribution is -2.21. The minimum Gasteiger partial charge on any atom is -0.508 e. The summed E-state index contributed by atoms with van der Waals surface area (Å²) in [7, 11) is 0. The van der Waals surface area contributed by atoms with Crippen molar-refractivity contribution in [2.75, 3.05) is 0 Å². The lowest BCUT2D eigenvalue weighted by atomic mass is 9.74. The highest BCUT2D eigenvalue weighted by molar-refractivity contribution is 5.56. The summed E-state index contributed by atoms with van der Waals surface area (Å²) < 4.78 is 0. The number of aromatic hydroxyl groups is 5. The summed E-state index contributed by atoms with van der Waals surface area (Å²) >= 11 is 0. The Bertz CT molecular complexity index is 2290. The molecule has 0 heterocycles. The van der Waals surface area contributed by atoms with Gasteiger partial charge in [-0.2, -0.15) is 0 Å². The first kappa shape index (κ1) is 43.5. The van der Waals surface area contributed by atoms with E-state index < -0.39 is 5.41 Å². The van der Waals surface area contributed by atoms with E-state index >= 15 is 0 Å². The van der Waals surface area contributed by atoms with Crippen LogP contribution in [0.4, 0.5) is 0 Å². The molecule has 0 spiro atoms. The van der Waals surface area contributed by atoms with Crippen molar-refractivity contribution in [3.8, 4) is 28.7 Å². The van der Waals surface area contributed by atoms with Crippen LogP contribution >= 0.6 is 0 Å². The number of aryl methyl sites for hydroxylation is 6. The smallest absolute Gasteiger partial charge is 0.122 e. The van der Waals surface area contributed by atoms with Crippen LogP contribution in [0.25, 0.3) is 0 Å². The van der Waals surface area contributed by atoms with Crippen molar-refractivity contribution in [3.63, 3.8) is 0 Å². The number of phenols is 5. The summed E-state index contributed by atoms with van der Waals surface area (Å²) in [4.78, 5) is 0. The van der Waals surface area contributed by atoms with Crippen molar-refractivity contribution < 1.29 is 30.6 Å². The van der Waals surface area contributed by atoms with Gasteiger partial charge in [0.2, 0.25) is 0 Å². The molecule has 5 rings (SSSR count). The molecule has 0 aromatic heterocycles. The van der Waals surface area contributed by atoms with Gasteiger partial charge in [0.05, 0.1) is 0 Å². The van der Waals surface area contributed by atoms with Gasteiger partial charge in [-0.1, -0.05) is 87.5 Å². The molecule has 0 bridgehead atoms. The van der Waals surface area contributed by atoms with Gasteiger partial charge in [0.1, 0.15) is 34.5 Å². The lowest BCUT2D eigenvalue weighted by molar-refractivity contribution is 0.415. The zero-order valence-corrected chi connectivity index (χ0v) is 36.4. The first-order valence-corrected chi connectivity index (χ1v) is 20.2. The molecule has 0 fully saturated rings. The predicted octanol–water partition coefficient (Wildman–Crippen LogP) is 12.1. The van der Waals surface area contributed by atoms with E-state index in [4.69, 9.17) is 0 Å². The number of aliphatic hydroxyl groups is 1. The second-order valence-electron chi connectivity index (χ2n) is 17.6. The van der Waals surface area contributed by atoms with E-state index in [1.807, 2.05) is 105 Å². The molecule has 0 saturated heterocycles. The highest BCUT2D eigenvalue weighted by Gasteiger charge is 2.29. The minimum absolute atomic E-state index is 0.00176. The molecule has 6 N–H and O–H groups in total. The third-order valence-corrected chi connectivity index (χ3v) is 11.7. The van der Waals surface area contributed by atoms with Gasteiger partial charge < -0.3 is 30.6 Å². The number of hydrogen-bond acceptors (Lipinski definition) is 6. The van der Waals surface area contributed by atoms with Crippen LogP contribution in [-0.2, 0) is 31.1 Å². The molecule has 306 valence electrons. The molecule has 6 heteroatoms. The second-order valence-corrected chi connectivity index (χ2v) is 17.6. The Labute approximate surface area is 345 Å². The van der Waals surface area contributed by atoms with Crippen LogP contribution in [-0.4, -0.2) is 30.6 Å². The fourth-order valence-corrected chi connectivity index (χ4v) is 8.38. The van der Waals surface area contributed by atoms with Crippen LogP contribution < -0.4 is 0 Å². The molecule has 6 nitrogen and oxygen atoms in total. The second kappa shape index (κ2) is 17.1. The fourth-order valence-electron chi connectivity index (χ4n) is 8.38. The Kier molecular flexibility index (Phi) is 12.8. The third-order valence-electron chi connectivity index (χ3n) is 11.7. The topological polar surface area (TPSA) is 121 Å². The molecule has 0 saturated carbocycles. The SMILES string of the molecule is CC(C)=C(O)/C(C)=C\C(C)Cc1cc(C(C)(C)c2cc(Cc3cc(C)c(O)c(C)c3)c(O)c(Cc3cc(C)c(O)c(C)c3)c2)cc(Cc2cc(C)c(O)c(C)c2)c1O. The maximum Gasteiger partial charge on any atom is 0.122 e. The third kappa shape index (κ3) is 9.39. The molecule has 0 aliphatic carbocycles. The van der Waals surface area contributed by atoms with Crippen LogP contribution in [0.5, 0.6) is 28.7 Å². The van der Waals surface area contributed by atoms with E-state index in [9.17, 15) is 30.6 Å². The van der Waals surface area contributed by atoms with E-state index in [1.54, 1.807) is 0 Å². The van der Waals surface area contributed by atoms with Gasteiger partial charge in [0, 0.05) is 24.7 Å². The molecular formula is C52H62O6. The number of benzene rings is 5. The Morgan fingerprint density at radius 2 is 0.793 bits per heavy atom. The van der Waals surface area contributed by atoms with Crippen LogP contribution in [0.15, 0.2) is 83.6 Å². The highest BCUT2D eigenvalue weighted by atomic mass is 16.3. The molecule has 1 atom stereocenters. The van der Waals surface area contributed by atoms with Gasteiger partial charge in [0.15, 0.2) is 0 Å². The normalized spacial score (nSPS) is 12.5. The van der Waals surface area contributed by atoms with Crippen LogP contribution in [0.2, 0.25) is 0 Å². The monoisotopic (exact) mass is 782 g/mol.